The van der Waals surface area contributed by atoms with Crippen LogP contribution in [0.15, 0.2) is 24.5 Å². The molecule has 5 nitrogen and oxygen atoms in total. The molecule has 0 unspecified atom stereocenters. The highest BCUT2D eigenvalue weighted by Gasteiger charge is 2.10. The van der Waals surface area contributed by atoms with Gasteiger partial charge in [-0.2, -0.15) is 0 Å². The van der Waals surface area contributed by atoms with Crippen LogP contribution in [0.1, 0.15) is 13.3 Å². The molecule has 0 spiro atoms. The van der Waals surface area contributed by atoms with Crippen LogP contribution in [0.25, 0.3) is 0 Å². The Balaban J connectivity index is 2.26. The summed E-state index contributed by atoms with van der Waals surface area (Å²) in [4.78, 5) is 13.4. The molecule has 2 amide bonds. The minimum absolute atomic E-state index is 0.00498. The van der Waals surface area contributed by atoms with Gasteiger partial charge in [-0.1, -0.05) is 6.92 Å². The van der Waals surface area contributed by atoms with Crippen molar-refractivity contribution in [3.8, 4) is 0 Å². The van der Waals surface area contributed by atoms with Gasteiger partial charge in [-0.15, -0.1) is 0 Å². The first-order valence-corrected chi connectivity index (χ1v) is 6.02. The van der Waals surface area contributed by atoms with Crippen molar-refractivity contribution in [1.29, 1.82) is 0 Å². The minimum Gasteiger partial charge on any atom is -0.395 e. The van der Waals surface area contributed by atoms with Crippen LogP contribution in [0.4, 0.5) is 4.79 Å². The third kappa shape index (κ3) is 4.91. The van der Waals surface area contributed by atoms with E-state index in [-0.39, 0.29) is 12.6 Å². The third-order valence-corrected chi connectivity index (χ3v) is 2.46. The van der Waals surface area contributed by atoms with Gasteiger partial charge in [0.25, 0.3) is 0 Å². The predicted octanol–water partition coefficient (Wildman–Crippen LogP) is 0.902. The monoisotopic (exact) mass is 239 g/mol. The molecule has 1 aromatic rings. The fraction of sp³-hybridized carbons (Fsp3) is 0.583. The summed E-state index contributed by atoms with van der Waals surface area (Å²) in [6, 6.07) is 3.81. The molecule has 0 aliphatic carbocycles. The molecule has 0 saturated heterocycles. The van der Waals surface area contributed by atoms with Gasteiger partial charge in [-0.3, -0.25) is 0 Å². The number of nitrogens with zero attached hydrogens (tertiary/aromatic N) is 2. The highest BCUT2D eigenvalue weighted by atomic mass is 16.3. The molecule has 0 aromatic carbocycles. The van der Waals surface area contributed by atoms with E-state index in [1.54, 1.807) is 4.90 Å². The maximum absolute atomic E-state index is 11.7. The number of carbonyl (C=O) groups excluding carboxylic acids is 1. The van der Waals surface area contributed by atoms with E-state index in [1.165, 1.54) is 0 Å². The molecule has 5 heteroatoms. The molecule has 0 aliphatic heterocycles. The number of rotatable bonds is 7. The van der Waals surface area contributed by atoms with Crippen LogP contribution in [-0.2, 0) is 6.54 Å². The van der Waals surface area contributed by atoms with Gasteiger partial charge in [-0.05, 0) is 18.6 Å². The molecule has 0 radical (unpaired) electrons. The molecule has 2 N–H and O–H groups in total. The van der Waals surface area contributed by atoms with Gasteiger partial charge in [0.1, 0.15) is 0 Å². The van der Waals surface area contributed by atoms with Gasteiger partial charge < -0.3 is 19.9 Å². The second-order valence-corrected chi connectivity index (χ2v) is 3.86. The van der Waals surface area contributed by atoms with Crippen molar-refractivity contribution in [3.05, 3.63) is 24.5 Å². The van der Waals surface area contributed by atoms with Crippen LogP contribution in [0, 0.1) is 0 Å². The van der Waals surface area contributed by atoms with Gasteiger partial charge in [0.2, 0.25) is 0 Å². The van der Waals surface area contributed by atoms with E-state index in [9.17, 15) is 4.79 Å². The average Bonchev–Trinajstić information content (AvgIpc) is 2.81. The third-order valence-electron chi connectivity index (χ3n) is 2.46. The van der Waals surface area contributed by atoms with Crippen LogP contribution >= 0.6 is 0 Å². The fourth-order valence-electron chi connectivity index (χ4n) is 1.63. The van der Waals surface area contributed by atoms with E-state index in [0.29, 0.717) is 19.6 Å². The summed E-state index contributed by atoms with van der Waals surface area (Å²) in [6.07, 6.45) is 4.82. The Labute approximate surface area is 102 Å². The minimum atomic E-state index is -0.104. The zero-order valence-electron chi connectivity index (χ0n) is 10.3. The lowest BCUT2D eigenvalue weighted by molar-refractivity contribution is 0.177. The lowest BCUT2D eigenvalue weighted by Crippen LogP contribution is -2.42. The number of aliphatic hydroxyl groups excluding tert-OH is 1. The molecular formula is C12H21N3O2. The van der Waals surface area contributed by atoms with Gasteiger partial charge in [0.05, 0.1) is 6.61 Å². The molecule has 0 aliphatic rings. The molecule has 0 bridgehead atoms. The predicted molar refractivity (Wildman–Crippen MR) is 66.8 cm³/mol. The van der Waals surface area contributed by atoms with Gasteiger partial charge in [0.15, 0.2) is 0 Å². The van der Waals surface area contributed by atoms with Crippen molar-refractivity contribution in [2.75, 3.05) is 26.2 Å². The Morgan fingerprint density at radius 2 is 2.06 bits per heavy atom. The van der Waals surface area contributed by atoms with Crippen molar-refractivity contribution >= 4 is 6.03 Å². The van der Waals surface area contributed by atoms with Crippen molar-refractivity contribution in [1.82, 2.24) is 14.8 Å². The topological polar surface area (TPSA) is 57.5 Å². The average molecular weight is 239 g/mol. The number of hydrogen-bond donors (Lipinski definition) is 2. The van der Waals surface area contributed by atoms with E-state index in [4.69, 9.17) is 5.11 Å². The normalized spacial score (nSPS) is 10.2. The van der Waals surface area contributed by atoms with Crippen molar-refractivity contribution in [2.24, 2.45) is 0 Å². The van der Waals surface area contributed by atoms with E-state index in [2.05, 4.69) is 5.32 Å². The Hall–Kier alpha value is -1.49. The summed E-state index contributed by atoms with van der Waals surface area (Å²) in [5, 5.41) is 11.7. The van der Waals surface area contributed by atoms with Gasteiger partial charge in [-0.25, -0.2) is 4.79 Å². The molecule has 1 heterocycles. The molecule has 0 saturated carbocycles. The number of nitrogens with one attached hydrogen (secondary N) is 1. The molecule has 0 fully saturated rings. The zero-order valence-corrected chi connectivity index (χ0v) is 10.3. The highest BCUT2D eigenvalue weighted by Crippen LogP contribution is 1.93. The summed E-state index contributed by atoms with van der Waals surface area (Å²) >= 11 is 0. The van der Waals surface area contributed by atoms with Crippen molar-refractivity contribution in [2.45, 2.75) is 19.9 Å². The van der Waals surface area contributed by atoms with Crippen LogP contribution in [0.2, 0.25) is 0 Å². The molecule has 0 atom stereocenters. The molecule has 96 valence electrons. The number of amides is 2. The Morgan fingerprint density at radius 3 is 2.65 bits per heavy atom. The number of urea groups is 1. The smallest absolute Gasteiger partial charge is 0.317 e. The lowest BCUT2D eigenvalue weighted by atomic mass is 10.4. The quantitative estimate of drug-likeness (QED) is 0.743. The maximum Gasteiger partial charge on any atom is 0.317 e. The lowest BCUT2D eigenvalue weighted by Gasteiger charge is -2.21. The first-order chi connectivity index (χ1) is 8.27. The molecule has 17 heavy (non-hydrogen) atoms. The van der Waals surface area contributed by atoms with Crippen molar-refractivity contribution in [3.63, 3.8) is 0 Å². The maximum atomic E-state index is 11.7. The van der Waals surface area contributed by atoms with Crippen molar-refractivity contribution < 1.29 is 9.90 Å². The van der Waals surface area contributed by atoms with Gasteiger partial charge >= 0.3 is 6.03 Å². The number of hydrogen-bond acceptors (Lipinski definition) is 2. The second kappa shape index (κ2) is 7.73. The summed E-state index contributed by atoms with van der Waals surface area (Å²) in [5.41, 5.74) is 0. The number of carbonyl (C=O) groups is 1. The molecule has 1 aromatic heterocycles. The first-order valence-electron chi connectivity index (χ1n) is 6.02. The number of aliphatic hydroxyl groups is 1. The van der Waals surface area contributed by atoms with Crippen LogP contribution in [0.5, 0.6) is 0 Å². The fourth-order valence-corrected chi connectivity index (χ4v) is 1.63. The van der Waals surface area contributed by atoms with Gasteiger partial charge in [0, 0.05) is 38.6 Å². The van der Waals surface area contributed by atoms with E-state index < -0.39 is 0 Å². The number of aromatic nitrogens is 1. The molecule has 1 rings (SSSR count). The van der Waals surface area contributed by atoms with E-state index in [0.717, 1.165) is 13.0 Å². The standard InChI is InChI=1S/C12H21N3O2/c1-2-6-15(10-11-16)12(17)13-5-9-14-7-3-4-8-14/h3-4,7-8,16H,2,5-6,9-11H2,1H3,(H,13,17). The Kier molecular flexibility index (Phi) is 6.17. The Bertz CT molecular complexity index is 306. The largest absolute Gasteiger partial charge is 0.395 e. The second-order valence-electron chi connectivity index (χ2n) is 3.86. The summed E-state index contributed by atoms with van der Waals surface area (Å²) < 4.78 is 2.01. The highest BCUT2D eigenvalue weighted by molar-refractivity contribution is 5.74. The SMILES string of the molecule is CCCN(CCO)C(=O)NCCn1cccc1. The summed E-state index contributed by atoms with van der Waals surface area (Å²) in [7, 11) is 0. The van der Waals surface area contributed by atoms with Crippen LogP contribution < -0.4 is 5.32 Å². The first kappa shape index (κ1) is 13.6. The zero-order chi connectivity index (χ0) is 12.5. The molecular weight excluding hydrogens is 218 g/mol. The Morgan fingerprint density at radius 1 is 1.35 bits per heavy atom. The summed E-state index contributed by atoms with van der Waals surface area (Å²) in [6.45, 7) is 4.44. The summed E-state index contributed by atoms with van der Waals surface area (Å²) in [5.74, 6) is 0. The van der Waals surface area contributed by atoms with Crippen LogP contribution in [-0.4, -0.2) is 46.8 Å². The van der Waals surface area contributed by atoms with Crippen LogP contribution in [0.3, 0.4) is 0 Å². The van der Waals surface area contributed by atoms with E-state index in [1.807, 2.05) is 36.0 Å². The van der Waals surface area contributed by atoms with E-state index >= 15 is 0 Å².